The van der Waals surface area contributed by atoms with Gasteiger partial charge in [-0.25, -0.2) is 0 Å². The number of rotatable bonds is 10. The Bertz CT molecular complexity index is 1420. The highest BCUT2D eigenvalue weighted by Gasteiger charge is 2.29. The van der Waals surface area contributed by atoms with E-state index in [4.69, 9.17) is 39.9 Å². The number of carboxylic acid groups (broad SMARTS) is 1. The van der Waals surface area contributed by atoms with Crippen LogP contribution in [-0.4, -0.2) is 23.5 Å². The van der Waals surface area contributed by atoms with E-state index in [9.17, 15) is 9.59 Å². The van der Waals surface area contributed by atoms with E-state index >= 15 is 0 Å². The van der Waals surface area contributed by atoms with Gasteiger partial charge in [-0.15, -0.1) is 11.3 Å². The van der Waals surface area contributed by atoms with Crippen LogP contribution >= 0.6 is 46.1 Å². The standard InChI is InChI=1S/C29H26Cl3NO3S/c1-2-3-21(17-4-6-18(7-5-17)29(36)33-13-12-27(34)35)28(19-8-10-24(31)25(32)14-19)23-16-37-26-11-9-20(30)15-22(23)26/h4-11,14-16,21,28H,2-3,12-13H2,1H3,(H,33,36)(H,34,35). The molecule has 0 saturated heterocycles. The summed E-state index contributed by atoms with van der Waals surface area (Å²) in [5.74, 6) is -1.16. The van der Waals surface area contributed by atoms with Gasteiger partial charge in [0.15, 0.2) is 0 Å². The average molecular weight is 575 g/mol. The van der Waals surface area contributed by atoms with Crippen LogP contribution in [0.15, 0.2) is 66.0 Å². The van der Waals surface area contributed by atoms with Gasteiger partial charge in [0.05, 0.1) is 16.5 Å². The van der Waals surface area contributed by atoms with Crippen LogP contribution in [0, 0.1) is 0 Å². The average Bonchev–Trinajstić information content (AvgIpc) is 3.28. The van der Waals surface area contributed by atoms with Crippen LogP contribution in [0.2, 0.25) is 15.1 Å². The Morgan fingerprint density at radius 2 is 1.68 bits per heavy atom. The lowest BCUT2D eigenvalue weighted by atomic mass is 9.75. The van der Waals surface area contributed by atoms with E-state index in [-0.39, 0.29) is 30.7 Å². The number of carbonyl (C=O) groups is 2. The van der Waals surface area contributed by atoms with Gasteiger partial charge in [0.2, 0.25) is 0 Å². The van der Waals surface area contributed by atoms with Gasteiger partial charge < -0.3 is 10.4 Å². The van der Waals surface area contributed by atoms with Crippen LogP contribution in [0.1, 0.15) is 65.1 Å². The normalized spacial score (nSPS) is 12.9. The van der Waals surface area contributed by atoms with Crippen LogP contribution < -0.4 is 5.32 Å². The van der Waals surface area contributed by atoms with Gasteiger partial charge in [0.1, 0.15) is 0 Å². The Hall–Kier alpha value is -2.57. The van der Waals surface area contributed by atoms with Crippen molar-refractivity contribution in [3.8, 4) is 0 Å². The summed E-state index contributed by atoms with van der Waals surface area (Å²) >= 11 is 20.8. The molecule has 8 heteroatoms. The van der Waals surface area contributed by atoms with E-state index in [0.717, 1.165) is 34.1 Å². The number of halogens is 3. The number of carboxylic acids is 1. The summed E-state index contributed by atoms with van der Waals surface area (Å²) in [6.45, 7) is 2.24. The lowest BCUT2D eigenvalue weighted by Crippen LogP contribution is -2.26. The molecule has 0 fully saturated rings. The Morgan fingerprint density at radius 3 is 2.35 bits per heavy atom. The van der Waals surface area contributed by atoms with Crippen molar-refractivity contribution in [2.75, 3.05) is 6.54 Å². The molecule has 0 aliphatic rings. The second kappa shape index (κ2) is 12.3. The molecule has 2 atom stereocenters. The zero-order chi connectivity index (χ0) is 26.5. The Labute approximate surface area is 235 Å². The maximum absolute atomic E-state index is 12.5. The van der Waals surface area contributed by atoms with E-state index in [1.807, 2.05) is 48.5 Å². The van der Waals surface area contributed by atoms with Crippen molar-refractivity contribution < 1.29 is 14.7 Å². The second-order valence-electron chi connectivity index (χ2n) is 8.90. The van der Waals surface area contributed by atoms with Crippen LogP contribution in [-0.2, 0) is 4.79 Å². The largest absolute Gasteiger partial charge is 0.481 e. The molecule has 0 aliphatic carbocycles. The molecule has 4 rings (SSSR count). The van der Waals surface area contributed by atoms with E-state index in [1.165, 1.54) is 5.56 Å². The number of benzene rings is 3. The van der Waals surface area contributed by atoms with Gasteiger partial charge in [-0.05, 0) is 82.3 Å². The summed E-state index contributed by atoms with van der Waals surface area (Å²) in [4.78, 5) is 23.2. The van der Waals surface area contributed by atoms with Crippen molar-refractivity contribution in [1.29, 1.82) is 0 Å². The summed E-state index contributed by atoms with van der Waals surface area (Å²) in [5, 5.41) is 16.5. The zero-order valence-electron chi connectivity index (χ0n) is 20.1. The molecule has 2 N–H and O–H groups in total. The minimum atomic E-state index is -0.950. The van der Waals surface area contributed by atoms with Crippen molar-refractivity contribution >= 4 is 68.1 Å². The molecule has 192 valence electrons. The van der Waals surface area contributed by atoms with Gasteiger partial charge in [-0.2, -0.15) is 0 Å². The summed E-state index contributed by atoms with van der Waals surface area (Å²) in [7, 11) is 0. The van der Waals surface area contributed by atoms with Crippen molar-refractivity contribution in [3.63, 3.8) is 0 Å². The maximum Gasteiger partial charge on any atom is 0.305 e. The molecule has 0 radical (unpaired) electrons. The first kappa shape index (κ1) is 27.5. The summed E-state index contributed by atoms with van der Waals surface area (Å²) in [5.41, 5.74) is 3.82. The smallest absolute Gasteiger partial charge is 0.305 e. The predicted octanol–water partition coefficient (Wildman–Crippen LogP) is 8.78. The SMILES string of the molecule is CCCC(c1ccc(C(=O)NCCC(=O)O)cc1)C(c1ccc(Cl)c(Cl)c1)c1csc2ccc(Cl)cc12. The molecule has 1 amide bonds. The Balaban J connectivity index is 1.76. The second-order valence-corrected chi connectivity index (χ2v) is 11.1. The molecule has 2 unspecified atom stereocenters. The third-order valence-electron chi connectivity index (χ3n) is 6.43. The zero-order valence-corrected chi connectivity index (χ0v) is 23.2. The fraction of sp³-hybridized carbons (Fsp3) is 0.241. The lowest BCUT2D eigenvalue weighted by Gasteiger charge is -2.29. The molecular weight excluding hydrogens is 549 g/mol. The number of carbonyl (C=O) groups excluding carboxylic acids is 1. The maximum atomic E-state index is 12.5. The van der Waals surface area contributed by atoms with Crippen molar-refractivity contribution in [3.05, 3.63) is 103 Å². The number of nitrogens with one attached hydrogen (secondary N) is 1. The first-order valence-corrected chi connectivity index (χ1v) is 14.0. The molecule has 0 bridgehead atoms. The first-order chi connectivity index (χ1) is 17.8. The van der Waals surface area contributed by atoms with E-state index in [0.29, 0.717) is 20.6 Å². The molecule has 0 spiro atoms. The summed E-state index contributed by atoms with van der Waals surface area (Å²) < 4.78 is 1.16. The molecular formula is C29H26Cl3NO3S. The van der Waals surface area contributed by atoms with Gasteiger partial charge in [0.25, 0.3) is 5.91 Å². The number of fused-ring (bicyclic) bond motifs is 1. The summed E-state index contributed by atoms with van der Waals surface area (Å²) in [6.07, 6.45) is 1.75. The van der Waals surface area contributed by atoms with Crippen molar-refractivity contribution in [2.24, 2.45) is 0 Å². The van der Waals surface area contributed by atoms with E-state index in [2.05, 4.69) is 17.6 Å². The molecule has 3 aromatic carbocycles. The fourth-order valence-electron chi connectivity index (χ4n) is 4.70. The molecule has 4 nitrogen and oxygen atoms in total. The number of aliphatic carboxylic acids is 1. The summed E-state index contributed by atoms with van der Waals surface area (Å²) in [6, 6.07) is 19.3. The van der Waals surface area contributed by atoms with Gasteiger partial charge in [0, 0.05) is 27.7 Å². The molecule has 1 heterocycles. The van der Waals surface area contributed by atoms with E-state index in [1.54, 1.807) is 23.5 Å². The first-order valence-electron chi connectivity index (χ1n) is 12.0. The fourth-order valence-corrected chi connectivity index (χ4v) is 6.16. The minimum absolute atomic E-state index is 0.0165. The monoisotopic (exact) mass is 573 g/mol. The number of hydrogen-bond donors (Lipinski definition) is 2. The highest BCUT2D eigenvalue weighted by Crippen LogP contribution is 2.46. The third-order valence-corrected chi connectivity index (χ3v) is 8.39. The molecule has 1 aromatic heterocycles. The molecule has 37 heavy (non-hydrogen) atoms. The van der Waals surface area contributed by atoms with Gasteiger partial charge >= 0.3 is 5.97 Å². The number of thiophene rings is 1. The van der Waals surface area contributed by atoms with Crippen molar-refractivity contribution in [2.45, 2.75) is 38.0 Å². The quantitative estimate of drug-likeness (QED) is 0.199. The molecule has 4 aromatic rings. The Morgan fingerprint density at radius 1 is 0.946 bits per heavy atom. The molecule has 0 saturated carbocycles. The van der Waals surface area contributed by atoms with Crippen LogP contribution in [0.4, 0.5) is 0 Å². The third kappa shape index (κ3) is 6.47. The van der Waals surface area contributed by atoms with E-state index < -0.39 is 5.97 Å². The lowest BCUT2D eigenvalue weighted by molar-refractivity contribution is -0.136. The number of hydrogen-bond acceptors (Lipinski definition) is 3. The minimum Gasteiger partial charge on any atom is -0.481 e. The van der Waals surface area contributed by atoms with Crippen LogP contribution in [0.3, 0.4) is 0 Å². The number of amides is 1. The molecule has 0 aliphatic heterocycles. The Kier molecular flexibility index (Phi) is 9.14. The topological polar surface area (TPSA) is 66.4 Å². The van der Waals surface area contributed by atoms with Crippen LogP contribution in [0.5, 0.6) is 0 Å². The highest BCUT2D eigenvalue weighted by molar-refractivity contribution is 7.17. The van der Waals surface area contributed by atoms with Gasteiger partial charge in [-0.3, -0.25) is 9.59 Å². The van der Waals surface area contributed by atoms with Crippen molar-refractivity contribution in [1.82, 2.24) is 5.32 Å². The van der Waals surface area contributed by atoms with Gasteiger partial charge in [-0.1, -0.05) is 66.3 Å². The van der Waals surface area contributed by atoms with Crippen LogP contribution in [0.25, 0.3) is 10.1 Å². The predicted molar refractivity (Wildman–Crippen MR) is 154 cm³/mol. The highest BCUT2D eigenvalue weighted by atomic mass is 35.5.